The predicted octanol–water partition coefficient (Wildman–Crippen LogP) is 4.79. The smallest absolute Gasteiger partial charge is 0.280 e. The highest BCUT2D eigenvalue weighted by Crippen LogP contribution is 2.30. The van der Waals surface area contributed by atoms with Gasteiger partial charge in [-0.15, -0.1) is 13.2 Å². The van der Waals surface area contributed by atoms with Crippen molar-refractivity contribution in [1.82, 2.24) is 0 Å². The van der Waals surface area contributed by atoms with Gasteiger partial charge in [0.15, 0.2) is 8.07 Å². The first-order valence-electron chi connectivity index (χ1n) is 11.7. The Morgan fingerprint density at radius 3 is 1.15 bits per heavy atom. The summed E-state index contributed by atoms with van der Waals surface area (Å²) in [6, 6.07) is 42.7. The summed E-state index contributed by atoms with van der Waals surface area (Å²) in [5, 5.41) is 4.43. The SMILES string of the molecule is C=C[Si](OC(C)(C)[Si](C=C)(c1ccccc1)c1ccccc1)(c1ccccc1)c1ccccc1. The van der Waals surface area contributed by atoms with E-state index in [9.17, 15) is 0 Å². The Bertz CT molecular complexity index is 1140. The minimum atomic E-state index is -2.80. The van der Waals surface area contributed by atoms with Gasteiger partial charge in [-0.3, -0.25) is 0 Å². The lowest BCUT2D eigenvalue weighted by Crippen LogP contribution is -2.75. The van der Waals surface area contributed by atoms with Crippen molar-refractivity contribution in [3.8, 4) is 0 Å². The van der Waals surface area contributed by atoms with Gasteiger partial charge in [-0.2, -0.15) is 0 Å². The standard InChI is InChI=1S/C31H32OSi2/c1-5-33(27-19-11-7-12-20-27,28-21-13-8-14-22-28)31(3,4)32-34(6-2,29-23-15-9-16-24-29)30-25-17-10-18-26-30/h5-26H,1-2H2,3-4H3. The molecule has 170 valence electrons. The maximum atomic E-state index is 7.52. The topological polar surface area (TPSA) is 9.23 Å². The molecule has 0 aliphatic rings. The molecule has 0 spiro atoms. The van der Waals surface area contributed by atoms with E-state index < -0.39 is 21.6 Å². The molecule has 0 radical (unpaired) electrons. The van der Waals surface area contributed by atoms with Crippen LogP contribution in [0.1, 0.15) is 13.8 Å². The van der Waals surface area contributed by atoms with E-state index in [4.69, 9.17) is 4.43 Å². The molecular weight excluding hydrogens is 445 g/mol. The first-order chi connectivity index (χ1) is 16.5. The average Bonchev–Trinajstić information content (AvgIpc) is 2.90. The van der Waals surface area contributed by atoms with Crippen LogP contribution in [-0.2, 0) is 4.43 Å². The summed E-state index contributed by atoms with van der Waals surface area (Å²) in [6.45, 7) is 13.3. The van der Waals surface area contributed by atoms with Crippen molar-refractivity contribution in [3.63, 3.8) is 0 Å². The fourth-order valence-corrected chi connectivity index (χ4v) is 13.7. The number of hydrogen-bond donors (Lipinski definition) is 0. The monoisotopic (exact) mass is 476 g/mol. The fourth-order valence-electron chi connectivity index (χ4n) is 5.16. The molecule has 4 rings (SSSR count). The summed E-state index contributed by atoms with van der Waals surface area (Å²) in [7, 11) is -5.41. The molecule has 0 atom stereocenters. The van der Waals surface area contributed by atoms with Crippen molar-refractivity contribution in [3.05, 3.63) is 146 Å². The van der Waals surface area contributed by atoms with Gasteiger partial charge in [-0.1, -0.05) is 133 Å². The second kappa shape index (κ2) is 9.94. The van der Waals surface area contributed by atoms with E-state index in [2.05, 4.69) is 160 Å². The number of rotatable bonds is 9. The summed E-state index contributed by atoms with van der Waals surface area (Å²) in [5.74, 6) is 0. The molecule has 0 heterocycles. The van der Waals surface area contributed by atoms with Crippen molar-refractivity contribution in [2.45, 2.75) is 19.1 Å². The molecule has 0 saturated heterocycles. The van der Waals surface area contributed by atoms with Crippen LogP contribution in [-0.4, -0.2) is 21.6 Å². The molecule has 4 aromatic carbocycles. The van der Waals surface area contributed by atoms with Crippen LogP contribution in [0.4, 0.5) is 0 Å². The minimum absolute atomic E-state index is 0.524. The van der Waals surface area contributed by atoms with Gasteiger partial charge in [-0.05, 0) is 34.6 Å². The van der Waals surface area contributed by atoms with E-state index in [1.165, 1.54) is 20.7 Å². The molecule has 3 heteroatoms. The third-order valence-corrected chi connectivity index (χ3v) is 15.9. The summed E-state index contributed by atoms with van der Waals surface area (Å²) in [5.41, 5.74) is 4.27. The van der Waals surface area contributed by atoms with Crippen molar-refractivity contribution < 1.29 is 4.43 Å². The average molecular weight is 477 g/mol. The third-order valence-electron chi connectivity index (χ3n) is 6.82. The summed E-state index contributed by atoms with van der Waals surface area (Å²) >= 11 is 0. The molecule has 0 fully saturated rings. The zero-order valence-corrected chi connectivity index (χ0v) is 22.0. The third kappa shape index (κ3) is 4.07. The lowest BCUT2D eigenvalue weighted by molar-refractivity contribution is 0.189. The number of hydrogen-bond acceptors (Lipinski definition) is 1. The molecule has 0 aliphatic carbocycles. The van der Waals surface area contributed by atoms with Crippen LogP contribution in [0.25, 0.3) is 0 Å². The highest BCUT2D eigenvalue weighted by molar-refractivity contribution is 7.09. The summed E-state index contributed by atoms with van der Waals surface area (Å²) < 4.78 is 7.52. The Morgan fingerprint density at radius 2 is 0.853 bits per heavy atom. The van der Waals surface area contributed by atoms with E-state index >= 15 is 0 Å². The molecule has 0 aromatic heterocycles. The van der Waals surface area contributed by atoms with Gasteiger partial charge in [0.2, 0.25) is 0 Å². The molecule has 4 aromatic rings. The van der Waals surface area contributed by atoms with Gasteiger partial charge in [0, 0.05) is 0 Å². The first-order valence-corrected chi connectivity index (χ1v) is 15.8. The highest BCUT2D eigenvalue weighted by Gasteiger charge is 2.53. The molecule has 0 aliphatic heterocycles. The van der Waals surface area contributed by atoms with Crippen molar-refractivity contribution in [1.29, 1.82) is 0 Å². The van der Waals surface area contributed by atoms with E-state index in [-0.39, 0.29) is 0 Å². The second-order valence-electron chi connectivity index (χ2n) is 9.03. The van der Waals surface area contributed by atoms with Gasteiger partial charge in [0.1, 0.15) is 0 Å². The molecule has 1 nitrogen and oxygen atoms in total. The Kier molecular flexibility index (Phi) is 6.98. The van der Waals surface area contributed by atoms with Crippen molar-refractivity contribution in [2.75, 3.05) is 0 Å². The van der Waals surface area contributed by atoms with Gasteiger partial charge < -0.3 is 4.43 Å². The Balaban J connectivity index is 1.97. The van der Waals surface area contributed by atoms with Gasteiger partial charge in [-0.25, -0.2) is 0 Å². The minimum Gasteiger partial charge on any atom is -0.401 e. The van der Waals surface area contributed by atoms with E-state index in [1.807, 2.05) is 0 Å². The van der Waals surface area contributed by atoms with Crippen LogP contribution in [0.2, 0.25) is 0 Å². The quantitative estimate of drug-likeness (QED) is 0.316. The molecule has 0 saturated carbocycles. The molecule has 0 unspecified atom stereocenters. The maximum Gasteiger partial charge on any atom is 0.280 e. The fraction of sp³-hybridized carbons (Fsp3) is 0.0968. The van der Waals surface area contributed by atoms with Crippen LogP contribution in [0.15, 0.2) is 146 Å². The molecule has 0 bridgehead atoms. The van der Waals surface area contributed by atoms with E-state index in [0.717, 1.165) is 0 Å². The van der Waals surface area contributed by atoms with Gasteiger partial charge >= 0.3 is 0 Å². The maximum absolute atomic E-state index is 7.52. The number of benzene rings is 4. The molecular formula is C31H32OSi2. The predicted molar refractivity (Wildman–Crippen MR) is 151 cm³/mol. The van der Waals surface area contributed by atoms with Crippen LogP contribution in [0.3, 0.4) is 0 Å². The van der Waals surface area contributed by atoms with Crippen molar-refractivity contribution >= 4 is 37.1 Å². The second-order valence-corrected chi connectivity index (χ2v) is 16.6. The highest BCUT2D eigenvalue weighted by atomic mass is 28.4. The van der Waals surface area contributed by atoms with Gasteiger partial charge in [0.25, 0.3) is 8.32 Å². The molecule has 0 amide bonds. The summed E-state index contributed by atoms with van der Waals surface area (Å²) in [6.07, 6.45) is 0. The lowest BCUT2D eigenvalue weighted by atomic mass is 10.4. The van der Waals surface area contributed by atoms with Crippen LogP contribution in [0, 0.1) is 0 Å². The summed E-state index contributed by atoms with van der Waals surface area (Å²) in [4.78, 5) is 0. The van der Waals surface area contributed by atoms with Crippen molar-refractivity contribution in [2.24, 2.45) is 0 Å². The Hall–Kier alpha value is -3.25. The van der Waals surface area contributed by atoms with E-state index in [0.29, 0.717) is 0 Å². The lowest BCUT2D eigenvalue weighted by Gasteiger charge is -2.48. The molecule has 0 N–H and O–H groups in total. The van der Waals surface area contributed by atoms with Crippen LogP contribution >= 0.6 is 0 Å². The zero-order chi connectivity index (χ0) is 24.1. The zero-order valence-electron chi connectivity index (χ0n) is 20.0. The normalized spacial score (nSPS) is 12.2. The molecule has 34 heavy (non-hydrogen) atoms. The Labute approximate surface area is 206 Å². The van der Waals surface area contributed by atoms with Crippen LogP contribution in [0.5, 0.6) is 0 Å². The van der Waals surface area contributed by atoms with E-state index in [1.54, 1.807) is 0 Å². The van der Waals surface area contributed by atoms with Crippen LogP contribution < -0.4 is 20.7 Å². The van der Waals surface area contributed by atoms with Gasteiger partial charge in [0.05, 0.1) is 5.22 Å². The Morgan fingerprint density at radius 1 is 0.529 bits per heavy atom. The first kappa shape index (κ1) is 23.9. The largest absolute Gasteiger partial charge is 0.401 e.